The zero-order valence-electron chi connectivity index (χ0n) is 10.3. The molecule has 2 aliphatic rings. The number of hydrogen-bond donors (Lipinski definition) is 1. The van der Waals surface area contributed by atoms with Crippen LogP contribution < -0.4 is 5.32 Å². The van der Waals surface area contributed by atoms with Gasteiger partial charge in [-0.1, -0.05) is 12.5 Å². The molecule has 1 aromatic rings. The SMILES string of the molecule is C=CCNc1nccn1CC1CC2CCC1C2. The molecule has 17 heavy (non-hydrogen) atoms. The van der Waals surface area contributed by atoms with Crippen molar-refractivity contribution in [3.8, 4) is 0 Å². The number of hydrogen-bond acceptors (Lipinski definition) is 2. The number of aromatic nitrogens is 2. The van der Waals surface area contributed by atoms with Crippen LogP contribution in [0.2, 0.25) is 0 Å². The molecule has 0 amide bonds. The Morgan fingerprint density at radius 2 is 2.41 bits per heavy atom. The van der Waals surface area contributed by atoms with Gasteiger partial charge in [-0.2, -0.15) is 0 Å². The highest BCUT2D eigenvalue weighted by Crippen LogP contribution is 2.48. The normalized spacial score (nSPS) is 30.7. The van der Waals surface area contributed by atoms with Gasteiger partial charge in [-0.3, -0.25) is 0 Å². The van der Waals surface area contributed by atoms with Crippen LogP contribution in [0.1, 0.15) is 25.7 Å². The molecule has 0 radical (unpaired) electrons. The number of fused-ring (bicyclic) bond motifs is 2. The maximum absolute atomic E-state index is 4.36. The van der Waals surface area contributed by atoms with Crippen molar-refractivity contribution >= 4 is 5.95 Å². The minimum Gasteiger partial charge on any atom is -0.352 e. The van der Waals surface area contributed by atoms with Crippen LogP contribution in [0.3, 0.4) is 0 Å². The summed E-state index contributed by atoms with van der Waals surface area (Å²) in [5, 5.41) is 3.29. The Kier molecular flexibility index (Phi) is 2.91. The maximum Gasteiger partial charge on any atom is 0.203 e. The smallest absolute Gasteiger partial charge is 0.203 e. The highest BCUT2D eigenvalue weighted by Gasteiger charge is 2.39. The van der Waals surface area contributed by atoms with Crippen LogP contribution in [-0.4, -0.2) is 16.1 Å². The molecule has 0 aromatic carbocycles. The van der Waals surface area contributed by atoms with E-state index in [2.05, 4.69) is 27.6 Å². The van der Waals surface area contributed by atoms with Gasteiger partial charge in [0.25, 0.3) is 0 Å². The van der Waals surface area contributed by atoms with Gasteiger partial charge in [-0.15, -0.1) is 6.58 Å². The molecule has 2 saturated carbocycles. The molecule has 2 aliphatic carbocycles. The van der Waals surface area contributed by atoms with Gasteiger partial charge in [-0.05, 0) is 37.0 Å². The Balaban J connectivity index is 1.64. The molecule has 3 nitrogen and oxygen atoms in total. The molecule has 1 N–H and O–H groups in total. The van der Waals surface area contributed by atoms with E-state index >= 15 is 0 Å². The third-order valence-corrected chi connectivity index (χ3v) is 4.44. The first-order valence-electron chi connectivity index (χ1n) is 6.72. The summed E-state index contributed by atoms with van der Waals surface area (Å²) in [5.74, 6) is 3.88. The number of imidazole rings is 1. The van der Waals surface area contributed by atoms with Crippen LogP contribution in [0.25, 0.3) is 0 Å². The van der Waals surface area contributed by atoms with Gasteiger partial charge >= 0.3 is 0 Å². The van der Waals surface area contributed by atoms with Crippen molar-refractivity contribution in [3.63, 3.8) is 0 Å². The van der Waals surface area contributed by atoms with Crippen molar-refractivity contribution in [2.24, 2.45) is 17.8 Å². The topological polar surface area (TPSA) is 29.9 Å². The zero-order chi connectivity index (χ0) is 11.7. The van der Waals surface area contributed by atoms with Gasteiger partial charge in [-0.25, -0.2) is 4.98 Å². The van der Waals surface area contributed by atoms with E-state index in [1.807, 2.05) is 12.3 Å². The van der Waals surface area contributed by atoms with Crippen molar-refractivity contribution in [1.82, 2.24) is 9.55 Å². The lowest BCUT2D eigenvalue weighted by molar-refractivity contribution is 0.297. The Hall–Kier alpha value is -1.25. The summed E-state index contributed by atoms with van der Waals surface area (Å²) in [5.41, 5.74) is 0. The molecular formula is C14H21N3. The molecule has 0 saturated heterocycles. The van der Waals surface area contributed by atoms with Crippen LogP contribution in [0.5, 0.6) is 0 Å². The second-order valence-electron chi connectivity index (χ2n) is 5.51. The fraction of sp³-hybridized carbons (Fsp3) is 0.643. The van der Waals surface area contributed by atoms with Crippen LogP contribution in [0.4, 0.5) is 5.95 Å². The molecule has 0 aliphatic heterocycles. The van der Waals surface area contributed by atoms with Crippen molar-refractivity contribution in [2.75, 3.05) is 11.9 Å². The molecule has 3 atom stereocenters. The fourth-order valence-electron chi connectivity index (χ4n) is 3.64. The predicted octanol–water partition coefficient (Wildman–Crippen LogP) is 2.92. The maximum atomic E-state index is 4.36. The van der Waals surface area contributed by atoms with Gasteiger partial charge in [0.1, 0.15) is 0 Å². The third-order valence-electron chi connectivity index (χ3n) is 4.44. The standard InChI is InChI=1S/C14H21N3/c1-2-5-15-14-16-6-7-17(14)10-13-9-11-3-4-12(13)8-11/h2,6-7,11-13H,1,3-5,8-10H2,(H,15,16). The largest absolute Gasteiger partial charge is 0.352 e. The lowest BCUT2D eigenvalue weighted by Crippen LogP contribution is -2.18. The Morgan fingerprint density at radius 1 is 1.47 bits per heavy atom. The number of nitrogens with zero attached hydrogens (tertiary/aromatic N) is 2. The highest BCUT2D eigenvalue weighted by molar-refractivity contribution is 5.26. The monoisotopic (exact) mass is 231 g/mol. The van der Waals surface area contributed by atoms with Crippen LogP contribution >= 0.6 is 0 Å². The molecule has 3 unspecified atom stereocenters. The summed E-state index contributed by atoms with van der Waals surface area (Å²) < 4.78 is 2.27. The molecule has 2 bridgehead atoms. The quantitative estimate of drug-likeness (QED) is 0.790. The minimum atomic E-state index is 0.785. The summed E-state index contributed by atoms with van der Waals surface area (Å²) >= 11 is 0. The van der Waals surface area contributed by atoms with E-state index in [0.717, 1.165) is 36.8 Å². The van der Waals surface area contributed by atoms with Crippen LogP contribution in [0.15, 0.2) is 25.0 Å². The molecule has 0 spiro atoms. The molecule has 1 aromatic heterocycles. The van der Waals surface area contributed by atoms with E-state index in [1.165, 1.54) is 25.7 Å². The average Bonchev–Trinajstić information content (AvgIpc) is 3.02. The first-order valence-corrected chi connectivity index (χ1v) is 6.72. The van der Waals surface area contributed by atoms with Crippen molar-refractivity contribution in [2.45, 2.75) is 32.2 Å². The fourth-order valence-corrected chi connectivity index (χ4v) is 3.64. The average molecular weight is 231 g/mol. The molecule has 3 rings (SSSR count). The van der Waals surface area contributed by atoms with Gasteiger partial charge in [0.15, 0.2) is 0 Å². The van der Waals surface area contributed by atoms with E-state index in [4.69, 9.17) is 0 Å². The second kappa shape index (κ2) is 4.55. The first kappa shape index (κ1) is 10.9. The van der Waals surface area contributed by atoms with Crippen LogP contribution in [0, 0.1) is 17.8 Å². The lowest BCUT2D eigenvalue weighted by atomic mass is 9.89. The number of anilines is 1. The van der Waals surface area contributed by atoms with Gasteiger partial charge in [0.2, 0.25) is 5.95 Å². The summed E-state index contributed by atoms with van der Waals surface area (Å²) in [4.78, 5) is 4.36. The first-order chi connectivity index (χ1) is 8.36. The van der Waals surface area contributed by atoms with Crippen molar-refractivity contribution in [3.05, 3.63) is 25.0 Å². The van der Waals surface area contributed by atoms with E-state index in [1.54, 1.807) is 0 Å². The number of nitrogens with one attached hydrogen (secondary N) is 1. The van der Waals surface area contributed by atoms with E-state index in [0.29, 0.717) is 0 Å². The van der Waals surface area contributed by atoms with E-state index in [9.17, 15) is 0 Å². The molecule has 1 heterocycles. The number of rotatable bonds is 5. The minimum absolute atomic E-state index is 0.785. The van der Waals surface area contributed by atoms with E-state index in [-0.39, 0.29) is 0 Å². The summed E-state index contributed by atoms with van der Waals surface area (Å²) in [6.07, 6.45) is 11.7. The Labute approximate surface area is 103 Å². The van der Waals surface area contributed by atoms with Crippen LogP contribution in [-0.2, 0) is 6.54 Å². The molecule has 2 fully saturated rings. The Bertz CT molecular complexity index is 396. The molecule has 92 valence electrons. The van der Waals surface area contributed by atoms with Crippen molar-refractivity contribution in [1.29, 1.82) is 0 Å². The lowest BCUT2D eigenvalue weighted by Gasteiger charge is -2.22. The molecular weight excluding hydrogens is 210 g/mol. The van der Waals surface area contributed by atoms with Gasteiger partial charge < -0.3 is 9.88 Å². The molecule has 3 heteroatoms. The van der Waals surface area contributed by atoms with Crippen molar-refractivity contribution < 1.29 is 0 Å². The third kappa shape index (κ3) is 2.11. The Morgan fingerprint density at radius 3 is 3.12 bits per heavy atom. The zero-order valence-corrected chi connectivity index (χ0v) is 10.3. The highest BCUT2D eigenvalue weighted by atomic mass is 15.2. The summed E-state index contributed by atoms with van der Waals surface area (Å²) in [6, 6.07) is 0. The van der Waals surface area contributed by atoms with Gasteiger partial charge in [0.05, 0.1) is 0 Å². The van der Waals surface area contributed by atoms with E-state index < -0.39 is 0 Å². The summed E-state index contributed by atoms with van der Waals surface area (Å²) in [6.45, 7) is 5.65. The summed E-state index contributed by atoms with van der Waals surface area (Å²) in [7, 11) is 0. The second-order valence-corrected chi connectivity index (χ2v) is 5.51. The van der Waals surface area contributed by atoms with Gasteiger partial charge in [0, 0.05) is 25.5 Å². The predicted molar refractivity (Wildman–Crippen MR) is 69.9 cm³/mol.